The van der Waals surface area contributed by atoms with Crippen molar-refractivity contribution < 1.29 is 34.0 Å². The third-order valence-electron chi connectivity index (χ3n) is 3.06. The number of hydrogen-bond acceptors (Lipinski definition) is 11. The van der Waals surface area contributed by atoms with Crippen molar-refractivity contribution in [2.24, 2.45) is 0 Å². The van der Waals surface area contributed by atoms with E-state index in [1.807, 2.05) is 0 Å². The van der Waals surface area contributed by atoms with Gasteiger partial charge in [-0.25, -0.2) is 14.6 Å². The Hall–Kier alpha value is -3.03. The summed E-state index contributed by atoms with van der Waals surface area (Å²) in [4.78, 5) is 44.0. The molecule has 13 heteroatoms. The lowest BCUT2D eigenvalue weighted by molar-refractivity contribution is -0.160. The Morgan fingerprint density at radius 3 is 2.42 bits per heavy atom. The van der Waals surface area contributed by atoms with Gasteiger partial charge in [0.2, 0.25) is 5.95 Å². The Morgan fingerprint density at radius 2 is 1.85 bits per heavy atom. The van der Waals surface area contributed by atoms with Gasteiger partial charge >= 0.3 is 11.9 Å². The molecular weight excluding hydrogens is 354 g/mol. The predicted molar refractivity (Wildman–Crippen MR) is 83.5 cm³/mol. The number of anilines is 1. The minimum Gasteiger partial charge on any atom is -0.461 e. The van der Waals surface area contributed by atoms with E-state index < -0.39 is 36.8 Å². The third-order valence-corrected chi connectivity index (χ3v) is 3.06. The first-order chi connectivity index (χ1) is 12.4. The first kappa shape index (κ1) is 19.3. The number of fused-ring (bicyclic) bond motifs is 1. The van der Waals surface area contributed by atoms with Gasteiger partial charge in [-0.05, 0) is 0 Å². The molecule has 0 saturated heterocycles. The van der Waals surface area contributed by atoms with Crippen LogP contribution in [0.15, 0.2) is 11.1 Å². The number of nitrogens with one attached hydrogen (secondary N) is 1. The lowest BCUT2D eigenvalue weighted by Gasteiger charge is -2.18. The van der Waals surface area contributed by atoms with Crippen LogP contribution >= 0.6 is 0 Å². The van der Waals surface area contributed by atoms with Crippen molar-refractivity contribution in [3.8, 4) is 0 Å². The molecule has 142 valence electrons. The van der Waals surface area contributed by atoms with Crippen LogP contribution in [0, 0.1) is 0 Å². The van der Waals surface area contributed by atoms with Crippen molar-refractivity contribution in [1.29, 1.82) is 0 Å². The molecule has 0 atom stereocenters. The Bertz CT molecular complexity index is 812. The monoisotopic (exact) mass is 371 g/mol. The van der Waals surface area contributed by atoms with Gasteiger partial charge in [-0.1, -0.05) is 0 Å². The van der Waals surface area contributed by atoms with Crippen LogP contribution in [-0.2, 0) is 30.5 Å². The van der Waals surface area contributed by atoms with E-state index in [2.05, 4.69) is 15.0 Å². The van der Waals surface area contributed by atoms with E-state index in [1.165, 1.54) is 10.9 Å². The van der Waals surface area contributed by atoms with E-state index in [0.29, 0.717) is 0 Å². The van der Waals surface area contributed by atoms with Gasteiger partial charge in [0.15, 0.2) is 11.2 Å². The first-order valence-electron chi connectivity index (χ1n) is 7.29. The number of imidazole rings is 1. The standard InChI is InChI=1S/C13H17N5O8/c14-13-16-11-10(12(23)17-13)15-5-18(11)6-26-7(3-24-8(21)1-19)4-25-9(22)2-20/h5,7,19-20H,1-4,6H2,(H3,14,16,17,23). The summed E-state index contributed by atoms with van der Waals surface area (Å²) in [5, 5.41) is 17.3. The zero-order chi connectivity index (χ0) is 19.1. The van der Waals surface area contributed by atoms with Gasteiger partial charge < -0.3 is 30.2 Å². The molecule has 0 unspecified atom stereocenters. The van der Waals surface area contributed by atoms with Crippen molar-refractivity contribution >= 4 is 29.1 Å². The van der Waals surface area contributed by atoms with E-state index in [0.717, 1.165) is 0 Å². The molecule has 0 fully saturated rings. The quantitative estimate of drug-likeness (QED) is 0.331. The number of nitrogens with zero attached hydrogens (tertiary/aromatic N) is 3. The van der Waals surface area contributed by atoms with Crippen molar-refractivity contribution in [2.75, 3.05) is 32.2 Å². The maximum Gasteiger partial charge on any atom is 0.331 e. The maximum absolute atomic E-state index is 11.7. The van der Waals surface area contributed by atoms with Gasteiger partial charge in [-0.15, -0.1) is 0 Å². The highest BCUT2D eigenvalue weighted by molar-refractivity contribution is 5.71. The molecule has 2 aromatic heterocycles. The van der Waals surface area contributed by atoms with Crippen LogP contribution in [0.4, 0.5) is 5.95 Å². The van der Waals surface area contributed by atoms with Crippen molar-refractivity contribution in [3.05, 3.63) is 16.7 Å². The lowest BCUT2D eigenvalue weighted by atomic mass is 10.4. The second kappa shape index (κ2) is 8.89. The van der Waals surface area contributed by atoms with E-state index in [-0.39, 0.29) is 37.1 Å². The molecule has 0 aliphatic heterocycles. The summed E-state index contributed by atoms with van der Waals surface area (Å²) in [6.07, 6.45) is 0.390. The second-order valence-corrected chi connectivity index (χ2v) is 4.94. The van der Waals surface area contributed by atoms with Crippen molar-refractivity contribution in [3.63, 3.8) is 0 Å². The molecular formula is C13H17N5O8. The van der Waals surface area contributed by atoms with Crippen LogP contribution in [0.3, 0.4) is 0 Å². The number of rotatable bonds is 9. The molecule has 26 heavy (non-hydrogen) atoms. The Balaban J connectivity index is 2.06. The van der Waals surface area contributed by atoms with Crippen LogP contribution in [0.2, 0.25) is 0 Å². The van der Waals surface area contributed by atoms with Gasteiger partial charge in [0.25, 0.3) is 5.56 Å². The molecule has 0 radical (unpaired) electrons. The normalized spacial score (nSPS) is 11.0. The molecule has 13 nitrogen and oxygen atoms in total. The van der Waals surface area contributed by atoms with Gasteiger partial charge in [-0.2, -0.15) is 4.98 Å². The van der Waals surface area contributed by atoms with Crippen LogP contribution < -0.4 is 11.3 Å². The number of hydrogen-bond donors (Lipinski definition) is 4. The molecule has 0 amide bonds. The fourth-order valence-electron chi connectivity index (χ4n) is 1.86. The number of aliphatic hydroxyl groups excluding tert-OH is 2. The molecule has 0 bridgehead atoms. The Kier molecular flexibility index (Phi) is 6.60. The SMILES string of the molecule is Nc1nc2c(ncn2COC(COC(=O)CO)COC(=O)CO)c(=O)[nH]1. The number of nitrogen functional groups attached to an aromatic ring is 1. The fourth-order valence-corrected chi connectivity index (χ4v) is 1.86. The molecule has 2 rings (SSSR count). The number of carbonyl (C=O) groups is 2. The number of H-pyrrole nitrogens is 1. The predicted octanol–water partition coefficient (Wildman–Crippen LogP) is -2.88. The Morgan fingerprint density at radius 1 is 1.23 bits per heavy atom. The minimum absolute atomic E-state index is 0.0535. The van der Waals surface area contributed by atoms with Crippen LogP contribution in [-0.4, -0.2) is 74.2 Å². The zero-order valence-electron chi connectivity index (χ0n) is 13.5. The van der Waals surface area contributed by atoms with Crippen LogP contribution in [0.5, 0.6) is 0 Å². The summed E-state index contributed by atoms with van der Waals surface area (Å²) in [5.41, 5.74) is 5.20. The van der Waals surface area contributed by atoms with Crippen LogP contribution in [0.1, 0.15) is 0 Å². The fraction of sp³-hybridized carbons (Fsp3) is 0.462. The summed E-state index contributed by atoms with van der Waals surface area (Å²) < 4.78 is 16.3. The third kappa shape index (κ3) is 4.98. The highest BCUT2D eigenvalue weighted by Crippen LogP contribution is 2.08. The lowest BCUT2D eigenvalue weighted by Crippen LogP contribution is -2.30. The molecule has 0 aromatic carbocycles. The van der Waals surface area contributed by atoms with E-state index in [9.17, 15) is 14.4 Å². The van der Waals surface area contributed by atoms with Gasteiger partial charge in [0.1, 0.15) is 39.3 Å². The summed E-state index contributed by atoms with van der Waals surface area (Å²) in [7, 11) is 0. The van der Waals surface area contributed by atoms with E-state index >= 15 is 0 Å². The molecule has 0 aliphatic rings. The topological polar surface area (TPSA) is 192 Å². The minimum atomic E-state index is -0.905. The molecule has 0 aliphatic carbocycles. The van der Waals surface area contributed by atoms with Gasteiger partial charge in [0.05, 0.1) is 6.33 Å². The zero-order valence-corrected chi connectivity index (χ0v) is 13.5. The summed E-state index contributed by atoms with van der Waals surface area (Å²) in [6, 6.07) is 0. The van der Waals surface area contributed by atoms with Crippen molar-refractivity contribution in [2.45, 2.75) is 12.8 Å². The number of aliphatic hydroxyl groups is 2. The number of carbonyl (C=O) groups excluding carboxylic acids is 2. The number of ether oxygens (including phenoxy) is 3. The number of aromatic nitrogens is 4. The average Bonchev–Trinajstić information content (AvgIpc) is 3.03. The number of aromatic amines is 1. The van der Waals surface area contributed by atoms with Crippen LogP contribution in [0.25, 0.3) is 11.2 Å². The largest absolute Gasteiger partial charge is 0.461 e. The average molecular weight is 371 g/mol. The number of nitrogens with two attached hydrogens (primary N) is 1. The summed E-state index contributed by atoms with van der Waals surface area (Å²) in [6.45, 7) is -2.45. The molecule has 2 aromatic rings. The molecule has 0 spiro atoms. The highest BCUT2D eigenvalue weighted by Gasteiger charge is 2.17. The van der Waals surface area contributed by atoms with E-state index in [4.69, 9.17) is 30.2 Å². The Labute approximate surface area is 145 Å². The molecule has 0 saturated carbocycles. The number of esters is 2. The highest BCUT2D eigenvalue weighted by atomic mass is 16.6. The summed E-state index contributed by atoms with van der Waals surface area (Å²) in [5.74, 6) is -1.88. The van der Waals surface area contributed by atoms with Gasteiger partial charge in [-0.3, -0.25) is 14.3 Å². The van der Waals surface area contributed by atoms with E-state index in [1.54, 1.807) is 0 Å². The smallest absolute Gasteiger partial charge is 0.331 e. The summed E-state index contributed by atoms with van der Waals surface area (Å²) >= 11 is 0. The molecule has 2 heterocycles. The molecule has 5 N–H and O–H groups in total. The first-order valence-corrected chi connectivity index (χ1v) is 7.29. The second-order valence-electron chi connectivity index (χ2n) is 4.94. The van der Waals surface area contributed by atoms with Gasteiger partial charge in [0, 0.05) is 0 Å². The van der Waals surface area contributed by atoms with Crippen molar-refractivity contribution in [1.82, 2.24) is 19.5 Å². The maximum atomic E-state index is 11.7.